The molecule has 0 radical (unpaired) electrons. The van der Waals surface area contributed by atoms with Gasteiger partial charge in [-0.25, -0.2) is 0 Å². The van der Waals surface area contributed by atoms with E-state index in [0.717, 1.165) is 37.3 Å². The summed E-state index contributed by atoms with van der Waals surface area (Å²) in [6, 6.07) is 15.4. The highest BCUT2D eigenvalue weighted by Gasteiger charge is 2.23. The highest BCUT2D eigenvalue weighted by molar-refractivity contribution is 5.58. The van der Waals surface area contributed by atoms with Crippen LogP contribution in [0.25, 0.3) is 0 Å². The third kappa shape index (κ3) is 3.05. The third-order valence-corrected chi connectivity index (χ3v) is 4.06. The quantitative estimate of drug-likeness (QED) is 0.843. The lowest BCUT2D eigenvalue weighted by Gasteiger charge is -2.19. The van der Waals surface area contributed by atoms with Crippen molar-refractivity contribution in [3.8, 4) is 5.75 Å². The highest BCUT2D eigenvalue weighted by atomic mass is 16.5. The fraction of sp³-hybridized carbons (Fsp3) is 0.368. The van der Waals surface area contributed by atoms with Crippen LogP contribution in [0.2, 0.25) is 0 Å². The number of anilines is 1. The molecule has 0 bridgehead atoms. The fourth-order valence-corrected chi connectivity index (χ4v) is 2.98. The van der Waals surface area contributed by atoms with Gasteiger partial charge in [-0.15, -0.1) is 0 Å². The molecule has 0 amide bonds. The van der Waals surface area contributed by atoms with Crippen molar-refractivity contribution in [1.82, 2.24) is 0 Å². The molecule has 2 heteroatoms. The van der Waals surface area contributed by atoms with Gasteiger partial charge in [-0.1, -0.05) is 42.8 Å². The largest absolute Gasteiger partial charge is 0.491 e. The third-order valence-electron chi connectivity index (χ3n) is 4.06. The molecule has 1 aliphatic rings. The Labute approximate surface area is 127 Å². The summed E-state index contributed by atoms with van der Waals surface area (Å²) >= 11 is 0. The van der Waals surface area contributed by atoms with E-state index in [1.807, 2.05) is 12.1 Å². The van der Waals surface area contributed by atoms with Gasteiger partial charge in [-0.3, -0.25) is 0 Å². The Morgan fingerprint density at radius 1 is 1.19 bits per heavy atom. The van der Waals surface area contributed by atoms with Gasteiger partial charge in [0.1, 0.15) is 5.75 Å². The van der Waals surface area contributed by atoms with E-state index in [1.165, 1.54) is 16.7 Å². The maximum absolute atomic E-state index is 5.85. The van der Waals surface area contributed by atoms with Gasteiger partial charge in [-0.05, 0) is 49.4 Å². The van der Waals surface area contributed by atoms with Crippen LogP contribution in [0.5, 0.6) is 5.75 Å². The summed E-state index contributed by atoms with van der Waals surface area (Å²) in [6.45, 7) is 5.05. The van der Waals surface area contributed by atoms with Crippen molar-refractivity contribution < 1.29 is 4.74 Å². The lowest BCUT2D eigenvalue weighted by Crippen LogP contribution is -2.09. The zero-order valence-corrected chi connectivity index (χ0v) is 12.9. The van der Waals surface area contributed by atoms with Gasteiger partial charge < -0.3 is 10.1 Å². The van der Waals surface area contributed by atoms with E-state index in [-0.39, 0.29) is 0 Å². The van der Waals surface area contributed by atoms with Crippen LogP contribution in [-0.2, 0) is 6.42 Å². The predicted octanol–water partition coefficient (Wildman–Crippen LogP) is 4.88. The average molecular weight is 281 g/mol. The van der Waals surface area contributed by atoms with Crippen LogP contribution in [0.3, 0.4) is 0 Å². The van der Waals surface area contributed by atoms with Crippen LogP contribution in [0.4, 0.5) is 5.69 Å². The maximum Gasteiger partial charge on any atom is 0.142 e. The molecule has 21 heavy (non-hydrogen) atoms. The highest BCUT2D eigenvalue weighted by Crippen LogP contribution is 2.36. The van der Waals surface area contributed by atoms with E-state index in [4.69, 9.17) is 4.74 Å². The van der Waals surface area contributed by atoms with Crippen molar-refractivity contribution in [3.05, 3.63) is 59.2 Å². The van der Waals surface area contributed by atoms with E-state index >= 15 is 0 Å². The number of aryl methyl sites for hydroxylation is 2. The zero-order valence-electron chi connectivity index (χ0n) is 12.9. The molecule has 0 aromatic heterocycles. The lowest BCUT2D eigenvalue weighted by molar-refractivity contribution is 0.318. The minimum absolute atomic E-state index is 0.395. The maximum atomic E-state index is 5.85. The number of para-hydroxylation sites is 2. The minimum atomic E-state index is 0.395. The molecule has 2 nitrogen and oxygen atoms in total. The molecule has 2 aromatic rings. The number of benzene rings is 2. The van der Waals surface area contributed by atoms with Crippen LogP contribution in [-0.4, -0.2) is 6.61 Å². The summed E-state index contributed by atoms with van der Waals surface area (Å²) in [5.41, 5.74) is 5.36. The summed E-state index contributed by atoms with van der Waals surface area (Å²) in [6.07, 6.45) is 3.34. The monoisotopic (exact) mass is 281 g/mol. The second-order valence-electron chi connectivity index (χ2n) is 5.78. The van der Waals surface area contributed by atoms with Crippen molar-refractivity contribution >= 4 is 5.69 Å². The molecule has 0 saturated carbocycles. The topological polar surface area (TPSA) is 21.3 Å². The van der Waals surface area contributed by atoms with Gasteiger partial charge in [0.2, 0.25) is 0 Å². The summed E-state index contributed by atoms with van der Waals surface area (Å²) in [7, 11) is 0. The second-order valence-corrected chi connectivity index (χ2v) is 5.78. The molecule has 1 unspecified atom stereocenters. The number of fused-ring (bicyclic) bond motifs is 1. The SMILES string of the molecule is CCCOc1ccccc1NC1CCc2ccc(C)cc21. The molecule has 1 atom stereocenters. The lowest BCUT2D eigenvalue weighted by atomic mass is 10.0. The van der Waals surface area contributed by atoms with Gasteiger partial charge in [0.05, 0.1) is 18.3 Å². The van der Waals surface area contributed by atoms with Gasteiger partial charge in [0.15, 0.2) is 0 Å². The van der Waals surface area contributed by atoms with Crippen molar-refractivity contribution in [2.75, 3.05) is 11.9 Å². The van der Waals surface area contributed by atoms with Crippen LogP contribution in [0.1, 0.15) is 42.5 Å². The van der Waals surface area contributed by atoms with Crippen molar-refractivity contribution in [3.63, 3.8) is 0 Å². The minimum Gasteiger partial charge on any atom is -0.491 e. The van der Waals surface area contributed by atoms with Crippen LogP contribution in [0, 0.1) is 6.92 Å². The molecule has 1 aliphatic carbocycles. The first-order valence-corrected chi connectivity index (χ1v) is 7.85. The Morgan fingerprint density at radius 2 is 2.05 bits per heavy atom. The standard InChI is InChI=1S/C19H23NO/c1-3-12-21-19-7-5-4-6-18(19)20-17-11-10-15-9-8-14(2)13-16(15)17/h4-9,13,17,20H,3,10-12H2,1-2H3. The van der Waals surface area contributed by atoms with Gasteiger partial charge in [-0.2, -0.15) is 0 Å². The molecular formula is C19H23NO. The van der Waals surface area contributed by atoms with Crippen molar-refractivity contribution in [1.29, 1.82) is 0 Å². The summed E-state index contributed by atoms with van der Waals surface area (Å²) in [4.78, 5) is 0. The van der Waals surface area contributed by atoms with Gasteiger partial charge in [0, 0.05) is 0 Å². The Kier molecular flexibility index (Phi) is 4.14. The van der Waals surface area contributed by atoms with E-state index in [2.05, 4.69) is 49.5 Å². The normalized spacial score (nSPS) is 16.6. The van der Waals surface area contributed by atoms with Gasteiger partial charge in [0.25, 0.3) is 0 Å². The number of nitrogens with one attached hydrogen (secondary N) is 1. The average Bonchev–Trinajstić information content (AvgIpc) is 2.89. The van der Waals surface area contributed by atoms with Crippen LogP contribution < -0.4 is 10.1 Å². The molecule has 0 aliphatic heterocycles. The van der Waals surface area contributed by atoms with Gasteiger partial charge >= 0.3 is 0 Å². The molecule has 3 rings (SSSR count). The second kappa shape index (κ2) is 6.21. The number of hydrogen-bond acceptors (Lipinski definition) is 2. The zero-order chi connectivity index (χ0) is 14.7. The molecule has 1 N–H and O–H groups in total. The first-order chi connectivity index (χ1) is 10.3. The Morgan fingerprint density at radius 3 is 2.90 bits per heavy atom. The van der Waals surface area contributed by atoms with Crippen molar-refractivity contribution in [2.24, 2.45) is 0 Å². The van der Waals surface area contributed by atoms with Crippen LogP contribution >= 0.6 is 0 Å². The van der Waals surface area contributed by atoms with Crippen LogP contribution in [0.15, 0.2) is 42.5 Å². The molecular weight excluding hydrogens is 258 g/mol. The summed E-state index contributed by atoms with van der Waals surface area (Å²) in [5.74, 6) is 0.959. The van der Waals surface area contributed by atoms with Crippen molar-refractivity contribution in [2.45, 2.75) is 39.2 Å². The molecule has 110 valence electrons. The fourth-order valence-electron chi connectivity index (χ4n) is 2.98. The predicted molar refractivity (Wildman–Crippen MR) is 88.1 cm³/mol. The first kappa shape index (κ1) is 14.0. The molecule has 0 fully saturated rings. The van der Waals surface area contributed by atoms with E-state index in [0.29, 0.717) is 6.04 Å². The smallest absolute Gasteiger partial charge is 0.142 e. The molecule has 2 aromatic carbocycles. The molecule has 0 saturated heterocycles. The number of ether oxygens (including phenoxy) is 1. The number of hydrogen-bond donors (Lipinski definition) is 1. The molecule has 0 spiro atoms. The number of rotatable bonds is 5. The summed E-state index contributed by atoms with van der Waals surface area (Å²) < 4.78 is 5.85. The Hall–Kier alpha value is -1.96. The Bertz CT molecular complexity index is 621. The van der Waals surface area contributed by atoms with E-state index < -0.39 is 0 Å². The van der Waals surface area contributed by atoms with E-state index in [1.54, 1.807) is 0 Å². The summed E-state index contributed by atoms with van der Waals surface area (Å²) in [5, 5.41) is 3.68. The molecule has 0 heterocycles. The Balaban J connectivity index is 1.81. The first-order valence-electron chi connectivity index (χ1n) is 7.85. The van der Waals surface area contributed by atoms with E-state index in [9.17, 15) is 0 Å².